The fraction of sp³-hybridized carbons (Fsp3) is 0.647. The third kappa shape index (κ3) is 4.99. The van der Waals surface area contributed by atoms with Crippen LogP contribution in [0.1, 0.15) is 18.9 Å². The molecule has 0 aliphatic carbocycles. The van der Waals surface area contributed by atoms with E-state index < -0.39 is 0 Å². The minimum Gasteiger partial charge on any atom is -0.492 e. The van der Waals surface area contributed by atoms with Gasteiger partial charge in [0, 0.05) is 32.2 Å². The van der Waals surface area contributed by atoms with Gasteiger partial charge in [-0.2, -0.15) is 0 Å². The van der Waals surface area contributed by atoms with Gasteiger partial charge in [0.2, 0.25) is 0 Å². The Kier molecular flexibility index (Phi) is 6.49. The molecule has 0 aromatic heterocycles. The van der Waals surface area contributed by atoms with Crippen LogP contribution in [0.4, 0.5) is 0 Å². The van der Waals surface area contributed by atoms with Gasteiger partial charge in [0.1, 0.15) is 12.4 Å². The molecule has 1 saturated heterocycles. The Labute approximate surface area is 128 Å². The summed E-state index contributed by atoms with van der Waals surface area (Å²) in [6.45, 7) is 8.20. The number of nitrogens with two attached hydrogens (primary N) is 1. The normalized spacial score (nSPS) is 20.6. The van der Waals surface area contributed by atoms with Crippen molar-refractivity contribution in [1.29, 1.82) is 0 Å². The quantitative estimate of drug-likeness (QED) is 0.828. The van der Waals surface area contributed by atoms with Crippen LogP contribution in [0.5, 0.6) is 5.75 Å². The highest BCUT2D eigenvalue weighted by Crippen LogP contribution is 2.13. The second-order valence-corrected chi connectivity index (χ2v) is 5.87. The van der Waals surface area contributed by atoms with E-state index >= 15 is 0 Å². The van der Waals surface area contributed by atoms with Gasteiger partial charge < -0.3 is 15.4 Å². The molecule has 21 heavy (non-hydrogen) atoms. The first-order valence-corrected chi connectivity index (χ1v) is 8.07. The lowest BCUT2D eigenvalue weighted by molar-refractivity contribution is 0.0824. The van der Waals surface area contributed by atoms with E-state index in [-0.39, 0.29) is 0 Å². The summed E-state index contributed by atoms with van der Waals surface area (Å²) < 4.78 is 5.85. The number of piperazine rings is 1. The van der Waals surface area contributed by atoms with Crippen molar-refractivity contribution in [1.82, 2.24) is 9.80 Å². The summed E-state index contributed by atoms with van der Waals surface area (Å²) in [5.41, 5.74) is 6.83. The van der Waals surface area contributed by atoms with E-state index in [4.69, 9.17) is 10.5 Å². The van der Waals surface area contributed by atoms with E-state index in [1.807, 2.05) is 12.1 Å². The maximum absolute atomic E-state index is 5.85. The number of ether oxygens (including phenoxy) is 1. The van der Waals surface area contributed by atoms with Crippen LogP contribution in [0, 0.1) is 0 Å². The molecule has 2 N–H and O–H groups in total. The van der Waals surface area contributed by atoms with Crippen LogP contribution >= 0.6 is 0 Å². The first-order chi connectivity index (χ1) is 10.2. The Morgan fingerprint density at radius 1 is 1.24 bits per heavy atom. The first kappa shape index (κ1) is 16.3. The summed E-state index contributed by atoms with van der Waals surface area (Å²) in [6.07, 6.45) is 2.15. The van der Waals surface area contributed by atoms with Crippen molar-refractivity contribution in [2.75, 3.05) is 46.4 Å². The number of rotatable bonds is 7. The molecule has 4 heteroatoms. The summed E-state index contributed by atoms with van der Waals surface area (Å²) in [7, 11) is 2.23. The van der Waals surface area contributed by atoms with Crippen LogP contribution < -0.4 is 10.5 Å². The number of likely N-dealkylation sites (N-methyl/N-ethyl adjacent to an activating group) is 1. The average Bonchev–Trinajstić information content (AvgIpc) is 2.51. The van der Waals surface area contributed by atoms with Gasteiger partial charge in [-0.25, -0.2) is 0 Å². The Hall–Kier alpha value is -1.10. The number of benzene rings is 1. The van der Waals surface area contributed by atoms with Gasteiger partial charge in [0.25, 0.3) is 0 Å². The fourth-order valence-corrected chi connectivity index (χ4v) is 2.87. The molecule has 0 spiro atoms. The zero-order valence-electron chi connectivity index (χ0n) is 13.4. The lowest BCUT2D eigenvalue weighted by atomic mass is 10.1. The third-order valence-corrected chi connectivity index (χ3v) is 4.37. The molecule has 0 bridgehead atoms. The van der Waals surface area contributed by atoms with Crippen molar-refractivity contribution in [2.24, 2.45) is 5.73 Å². The van der Waals surface area contributed by atoms with Crippen molar-refractivity contribution in [3.8, 4) is 5.75 Å². The highest BCUT2D eigenvalue weighted by molar-refractivity contribution is 5.27. The summed E-state index contributed by atoms with van der Waals surface area (Å²) in [5, 5.41) is 0. The molecule has 1 aromatic carbocycles. The Morgan fingerprint density at radius 3 is 2.67 bits per heavy atom. The largest absolute Gasteiger partial charge is 0.492 e. The highest BCUT2D eigenvalue weighted by atomic mass is 16.5. The molecule has 1 aromatic rings. The Bertz CT molecular complexity index is 407. The van der Waals surface area contributed by atoms with Gasteiger partial charge in [0.05, 0.1) is 0 Å². The number of hydrogen-bond acceptors (Lipinski definition) is 4. The molecule has 1 heterocycles. The molecule has 118 valence electrons. The smallest absolute Gasteiger partial charge is 0.119 e. The fourth-order valence-electron chi connectivity index (χ4n) is 2.87. The predicted octanol–water partition coefficient (Wildman–Crippen LogP) is 1.59. The van der Waals surface area contributed by atoms with Crippen molar-refractivity contribution in [3.05, 3.63) is 29.8 Å². The van der Waals surface area contributed by atoms with Crippen molar-refractivity contribution >= 4 is 0 Å². The topological polar surface area (TPSA) is 41.7 Å². The molecular formula is C17H29N3O. The molecular weight excluding hydrogens is 262 g/mol. The summed E-state index contributed by atoms with van der Waals surface area (Å²) in [6, 6.07) is 8.98. The standard InChI is InChI=1S/C17H29N3O/c1-3-16-14-20(11-10-19(16)2)12-13-21-17-6-4-15(5-7-17)8-9-18/h4-7,16H,3,8-14,18H2,1-2H3. The van der Waals surface area contributed by atoms with E-state index in [9.17, 15) is 0 Å². The molecule has 0 saturated carbocycles. The predicted molar refractivity (Wildman–Crippen MR) is 87.8 cm³/mol. The average molecular weight is 291 g/mol. The van der Waals surface area contributed by atoms with Crippen LogP contribution in [0.3, 0.4) is 0 Å². The molecule has 1 aliphatic rings. The van der Waals surface area contributed by atoms with Gasteiger partial charge in [-0.15, -0.1) is 0 Å². The SMILES string of the molecule is CCC1CN(CCOc2ccc(CCN)cc2)CCN1C. The Balaban J connectivity index is 1.71. The lowest BCUT2D eigenvalue weighted by Crippen LogP contribution is -2.51. The molecule has 1 aliphatic heterocycles. The Morgan fingerprint density at radius 2 is 2.00 bits per heavy atom. The monoisotopic (exact) mass is 291 g/mol. The van der Waals surface area contributed by atoms with E-state index in [0.29, 0.717) is 12.6 Å². The third-order valence-electron chi connectivity index (χ3n) is 4.37. The molecule has 1 fully saturated rings. The van der Waals surface area contributed by atoms with Crippen molar-refractivity contribution in [2.45, 2.75) is 25.8 Å². The van der Waals surface area contributed by atoms with E-state index in [1.54, 1.807) is 0 Å². The molecule has 1 atom stereocenters. The molecule has 1 unspecified atom stereocenters. The van der Waals surface area contributed by atoms with Gasteiger partial charge in [-0.05, 0) is 44.1 Å². The summed E-state index contributed by atoms with van der Waals surface area (Å²) in [5.74, 6) is 0.956. The van der Waals surface area contributed by atoms with Crippen LogP contribution in [0.25, 0.3) is 0 Å². The molecule has 2 rings (SSSR count). The number of hydrogen-bond donors (Lipinski definition) is 1. The van der Waals surface area contributed by atoms with Crippen LogP contribution in [-0.4, -0.2) is 62.2 Å². The maximum atomic E-state index is 5.85. The van der Waals surface area contributed by atoms with Gasteiger partial charge >= 0.3 is 0 Å². The zero-order valence-corrected chi connectivity index (χ0v) is 13.4. The zero-order chi connectivity index (χ0) is 15.1. The van der Waals surface area contributed by atoms with Gasteiger partial charge in [0.15, 0.2) is 0 Å². The van der Waals surface area contributed by atoms with Crippen LogP contribution in [0.2, 0.25) is 0 Å². The van der Waals surface area contributed by atoms with E-state index in [2.05, 4.69) is 35.9 Å². The highest BCUT2D eigenvalue weighted by Gasteiger charge is 2.22. The minimum atomic E-state index is 0.689. The van der Waals surface area contributed by atoms with E-state index in [1.165, 1.54) is 12.0 Å². The van der Waals surface area contributed by atoms with Crippen LogP contribution in [0.15, 0.2) is 24.3 Å². The summed E-state index contributed by atoms with van der Waals surface area (Å²) in [4.78, 5) is 4.98. The minimum absolute atomic E-state index is 0.689. The van der Waals surface area contributed by atoms with Gasteiger partial charge in [-0.1, -0.05) is 19.1 Å². The molecule has 0 radical (unpaired) electrons. The van der Waals surface area contributed by atoms with Crippen molar-refractivity contribution in [3.63, 3.8) is 0 Å². The first-order valence-electron chi connectivity index (χ1n) is 8.07. The number of nitrogens with zero attached hydrogens (tertiary/aromatic N) is 2. The summed E-state index contributed by atoms with van der Waals surface area (Å²) >= 11 is 0. The van der Waals surface area contributed by atoms with Gasteiger partial charge in [-0.3, -0.25) is 4.90 Å². The second kappa shape index (κ2) is 8.37. The van der Waals surface area contributed by atoms with E-state index in [0.717, 1.165) is 45.0 Å². The van der Waals surface area contributed by atoms with Crippen molar-refractivity contribution < 1.29 is 4.74 Å². The second-order valence-electron chi connectivity index (χ2n) is 5.87. The maximum Gasteiger partial charge on any atom is 0.119 e. The molecule has 4 nitrogen and oxygen atoms in total. The molecule has 0 amide bonds. The van der Waals surface area contributed by atoms with Crippen LogP contribution in [-0.2, 0) is 6.42 Å². The lowest BCUT2D eigenvalue weighted by Gasteiger charge is -2.39.